The van der Waals surface area contributed by atoms with Gasteiger partial charge in [-0.1, -0.05) is 32.1 Å². The first kappa shape index (κ1) is 14.8. The minimum atomic E-state index is 0.349. The van der Waals surface area contributed by atoms with Gasteiger partial charge in [-0.2, -0.15) is 0 Å². The van der Waals surface area contributed by atoms with Crippen LogP contribution in [0.1, 0.15) is 57.7 Å². The number of aromatic nitrogens is 1. The number of thiazole rings is 1. The maximum absolute atomic E-state index is 4.90. The standard InChI is InChI=1S/C15H27N3S/c1-7-16-11-8-15(4,5)9-12-13(11)19-14(17-12)18(6)10(2)3/h10-11,16H,7-9H2,1-6H3. The van der Waals surface area contributed by atoms with Crippen molar-refractivity contribution in [3.05, 3.63) is 10.6 Å². The Bertz CT molecular complexity index is 437. The van der Waals surface area contributed by atoms with Gasteiger partial charge in [-0.25, -0.2) is 4.98 Å². The molecule has 1 aliphatic rings. The molecule has 1 aromatic heterocycles. The molecule has 1 heterocycles. The fraction of sp³-hybridized carbons (Fsp3) is 0.800. The minimum absolute atomic E-state index is 0.349. The molecule has 1 aliphatic carbocycles. The topological polar surface area (TPSA) is 28.2 Å². The number of anilines is 1. The lowest BCUT2D eigenvalue weighted by atomic mass is 9.76. The third kappa shape index (κ3) is 3.11. The van der Waals surface area contributed by atoms with Crippen molar-refractivity contribution in [2.24, 2.45) is 5.41 Å². The van der Waals surface area contributed by atoms with E-state index in [1.807, 2.05) is 11.3 Å². The molecule has 108 valence electrons. The monoisotopic (exact) mass is 281 g/mol. The first-order chi connectivity index (χ1) is 8.84. The van der Waals surface area contributed by atoms with E-state index in [2.05, 4.69) is 51.9 Å². The molecule has 0 spiro atoms. The number of hydrogen-bond acceptors (Lipinski definition) is 4. The van der Waals surface area contributed by atoms with Crippen molar-refractivity contribution in [2.45, 2.75) is 59.5 Å². The highest BCUT2D eigenvalue weighted by Crippen LogP contribution is 2.44. The van der Waals surface area contributed by atoms with E-state index in [9.17, 15) is 0 Å². The van der Waals surface area contributed by atoms with Crippen LogP contribution in [0.2, 0.25) is 0 Å². The molecule has 0 bridgehead atoms. The molecule has 3 nitrogen and oxygen atoms in total. The highest BCUT2D eigenvalue weighted by atomic mass is 32.1. The summed E-state index contributed by atoms with van der Waals surface area (Å²) >= 11 is 1.87. The average molecular weight is 281 g/mol. The third-order valence-corrected chi connectivity index (χ3v) is 5.26. The van der Waals surface area contributed by atoms with Crippen LogP contribution in [0.15, 0.2) is 0 Å². The molecule has 0 saturated carbocycles. The van der Waals surface area contributed by atoms with E-state index < -0.39 is 0 Å². The summed E-state index contributed by atoms with van der Waals surface area (Å²) in [5, 5.41) is 4.80. The van der Waals surface area contributed by atoms with E-state index in [1.54, 1.807) is 0 Å². The summed E-state index contributed by atoms with van der Waals surface area (Å²) in [6.45, 7) is 12.3. The van der Waals surface area contributed by atoms with Crippen LogP contribution in [0.5, 0.6) is 0 Å². The molecular weight excluding hydrogens is 254 g/mol. The van der Waals surface area contributed by atoms with Crippen molar-refractivity contribution < 1.29 is 0 Å². The molecule has 0 aliphatic heterocycles. The summed E-state index contributed by atoms with van der Waals surface area (Å²) in [7, 11) is 2.14. The summed E-state index contributed by atoms with van der Waals surface area (Å²) in [5.74, 6) is 0. The lowest BCUT2D eigenvalue weighted by Crippen LogP contribution is -2.32. The van der Waals surface area contributed by atoms with E-state index in [-0.39, 0.29) is 0 Å². The second-order valence-corrected chi connectivity index (χ2v) is 7.68. The normalized spacial score (nSPS) is 21.5. The third-order valence-electron chi connectivity index (χ3n) is 3.96. The van der Waals surface area contributed by atoms with Crippen molar-refractivity contribution in [1.29, 1.82) is 0 Å². The van der Waals surface area contributed by atoms with Crippen molar-refractivity contribution in [2.75, 3.05) is 18.5 Å². The number of fused-ring (bicyclic) bond motifs is 1. The molecular formula is C15H27N3S. The molecule has 19 heavy (non-hydrogen) atoms. The van der Waals surface area contributed by atoms with Crippen LogP contribution in [0, 0.1) is 5.41 Å². The van der Waals surface area contributed by atoms with Gasteiger partial charge in [0, 0.05) is 24.0 Å². The molecule has 0 fully saturated rings. The molecule has 4 heteroatoms. The average Bonchev–Trinajstić information content (AvgIpc) is 2.70. The molecule has 0 amide bonds. The van der Waals surface area contributed by atoms with Crippen molar-refractivity contribution in [3.63, 3.8) is 0 Å². The van der Waals surface area contributed by atoms with Gasteiger partial charge in [0.05, 0.1) is 5.69 Å². The van der Waals surface area contributed by atoms with Crippen molar-refractivity contribution in [3.8, 4) is 0 Å². The van der Waals surface area contributed by atoms with Crippen LogP contribution < -0.4 is 10.2 Å². The Kier molecular flexibility index (Phi) is 4.21. The maximum atomic E-state index is 4.90. The van der Waals surface area contributed by atoms with Crippen LogP contribution >= 0.6 is 11.3 Å². The molecule has 1 unspecified atom stereocenters. The van der Waals surface area contributed by atoms with E-state index in [1.165, 1.54) is 22.1 Å². The van der Waals surface area contributed by atoms with Gasteiger partial charge in [-0.05, 0) is 38.6 Å². The number of nitrogens with zero attached hydrogens (tertiary/aromatic N) is 2. The molecule has 0 radical (unpaired) electrons. The van der Waals surface area contributed by atoms with Gasteiger partial charge in [0.2, 0.25) is 0 Å². The van der Waals surface area contributed by atoms with Crippen LogP contribution in [0.4, 0.5) is 5.13 Å². The minimum Gasteiger partial charge on any atom is -0.349 e. The van der Waals surface area contributed by atoms with Crippen LogP contribution in [0.3, 0.4) is 0 Å². The Balaban J connectivity index is 2.33. The summed E-state index contributed by atoms with van der Waals surface area (Å²) < 4.78 is 0. The quantitative estimate of drug-likeness (QED) is 0.914. The van der Waals surface area contributed by atoms with Crippen LogP contribution in [-0.2, 0) is 6.42 Å². The van der Waals surface area contributed by atoms with Gasteiger partial charge in [0.25, 0.3) is 0 Å². The van der Waals surface area contributed by atoms with Crippen LogP contribution in [0.25, 0.3) is 0 Å². The van der Waals surface area contributed by atoms with E-state index >= 15 is 0 Å². The highest BCUT2D eigenvalue weighted by molar-refractivity contribution is 7.15. The fourth-order valence-corrected chi connectivity index (χ4v) is 3.96. The van der Waals surface area contributed by atoms with Crippen molar-refractivity contribution in [1.82, 2.24) is 10.3 Å². The Labute approximate surface area is 121 Å². The Morgan fingerprint density at radius 3 is 2.74 bits per heavy atom. The van der Waals surface area contributed by atoms with Gasteiger partial charge in [0.15, 0.2) is 5.13 Å². The molecule has 2 rings (SSSR count). The highest BCUT2D eigenvalue weighted by Gasteiger charge is 2.35. The van der Waals surface area contributed by atoms with Gasteiger partial charge in [-0.15, -0.1) is 0 Å². The zero-order valence-corrected chi connectivity index (χ0v) is 13.9. The number of hydrogen-bond donors (Lipinski definition) is 1. The summed E-state index contributed by atoms with van der Waals surface area (Å²) in [6, 6.07) is 0.980. The maximum Gasteiger partial charge on any atom is 0.185 e. The smallest absolute Gasteiger partial charge is 0.185 e. The van der Waals surface area contributed by atoms with Gasteiger partial charge < -0.3 is 10.2 Å². The molecule has 0 saturated heterocycles. The zero-order valence-electron chi connectivity index (χ0n) is 13.1. The van der Waals surface area contributed by atoms with Gasteiger partial charge in [0.1, 0.15) is 0 Å². The van der Waals surface area contributed by atoms with Crippen LogP contribution in [-0.4, -0.2) is 24.6 Å². The van der Waals surface area contributed by atoms with Gasteiger partial charge >= 0.3 is 0 Å². The fourth-order valence-electron chi connectivity index (χ4n) is 2.70. The molecule has 0 aromatic carbocycles. The Morgan fingerprint density at radius 2 is 2.16 bits per heavy atom. The van der Waals surface area contributed by atoms with Gasteiger partial charge in [-0.3, -0.25) is 0 Å². The second kappa shape index (κ2) is 5.41. The zero-order chi connectivity index (χ0) is 14.2. The Hall–Kier alpha value is -0.610. The summed E-state index contributed by atoms with van der Waals surface area (Å²) in [5.41, 5.74) is 1.66. The second-order valence-electron chi connectivity index (χ2n) is 6.67. The lowest BCUT2D eigenvalue weighted by Gasteiger charge is -2.34. The van der Waals surface area contributed by atoms with E-state index in [4.69, 9.17) is 4.98 Å². The summed E-state index contributed by atoms with van der Waals surface area (Å²) in [6.07, 6.45) is 2.31. The first-order valence-corrected chi connectivity index (χ1v) is 8.11. The number of nitrogens with one attached hydrogen (secondary N) is 1. The SMILES string of the molecule is CCNC1CC(C)(C)Cc2nc(N(C)C(C)C)sc21. The van der Waals surface area contributed by atoms with E-state index in [0.29, 0.717) is 17.5 Å². The molecule has 1 N–H and O–H groups in total. The molecule has 1 aromatic rings. The largest absolute Gasteiger partial charge is 0.349 e. The number of rotatable bonds is 4. The molecule has 1 atom stereocenters. The predicted molar refractivity (Wildman–Crippen MR) is 84.2 cm³/mol. The summed E-state index contributed by atoms with van der Waals surface area (Å²) in [4.78, 5) is 8.64. The first-order valence-electron chi connectivity index (χ1n) is 7.30. The van der Waals surface area contributed by atoms with E-state index in [0.717, 1.165) is 13.0 Å². The predicted octanol–water partition coefficient (Wildman–Crippen LogP) is 3.61. The van der Waals surface area contributed by atoms with Crippen molar-refractivity contribution >= 4 is 16.5 Å². The lowest BCUT2D eigenvalue weighted by molar-refractivity contribution is 0.260. The Morgan fingerprint density at radius 1 is 1.47 bits per heavy atom.